The predicted molar refractivity (Wildman–Crippen MR) is 84.4 cm³/mol. The summed E-state index contributed by atoms with van der Waals surface area (Å²) in [6.07, 6.45) is 2.99. The van der Waals surface area contributed by atoms with Gasteiger partial charge in [-0.3, -0.25) is 4.79 Å². The van der Waals surface area contributed by atoms with Gasteiger partial charge in [0.1, 0.15) is 5.75 Å². The molecule has 2 atom stereocenters. The van der Waals surface area contributed by atoms with Gasteiger partial charge in [-0.25, -0.2) is 0 Å². The van der Waals surface area contributed by atoms with E-state index in [0.717, 1.165) is 38.1 Å². The number of benzene rings is 1. The highest BCUT2D eigenvalue weighted by atomic mass is 16.5. The molecule has 1 heterocycles. The first-order chi connectivity index (χ1) is 10.1. The average Bonchev–Trinajstić information content (AvgIpc) is 2.48. The maximum absolute atomic E-state index is 12.2. The summed E-state index contributed by atoms with van der Waals surface area (Å²) in [4.78, 5) is 14.5. The summed E-state index contributed by atoms with van der Waals surface area (Å²) in [6, 6.07) is 10.0. The minimum Gasteiger partial charge on any atom is -0.494 e. The highest BCUT2D eigenvalue weighted by Crippen LogP contribution is 2.12. The number of likely N-dealkylation sites (N-methyl/N-ethyl adjacent to an activating group) is 1. The molecule has 0 bridgehead atoms. The van der Waals surface area contributed by atoms with E-state index >= 15 is 0 Å². The van der Waals surface area contributed by atoms with Gasteiger partial charge >= 0.3 is 0 Å². The third-order valence-corrected chi connectivity index (χ3v) is 3.98. The Hall–Kier alpha value is -1.55. The third-order valence-electron chi connectivity index (χ3n) is 3.98. The fourth-order valence-corrected chi connectivity index (χ4v) is 2.63. The number of nitrogens with one attached hydrogen (secondary N) is 1. The lowest BCUT2D eigenvalue weighted by Crippen LogP contribution is -2.47. The Labute approximate surface area is 127 Å². The molecule has 1 fully saturated rings. The predicted octanol–water partition coefficient (Wildman–Crippen LogP) is 2.30. The molecule has 4 nitrogen and oxygen atoms in total. The van der Waals surface area contributed by atoms with Crippen molar-refractivity contribution in [2.75, 3.05) is 26.7 Å². The summed E-state index contributed by atoms with van der Waals surface area (Å²) in [5, 5.41) is 3.16. The van der Waals surface area contributed by atoms with Crippen molar-refractivity contribution in [1.29, 1.82) is 0 Å². The second-order valence-corrected chi connectivity index (χ2v) is 5.96. The Morgan fingerprint density at radius 2 is 2.19 bits per heavy atom. The maximum Gasteiger partial charge on any atom is 0.223 e. The molecule has 21 heavy (non-hydrogen) atoms. The number of nitrogens with zero attached hydrogens (tertiary/aromatic N) is 1. The van der Waals surface area contributed by atoms with Gasteiger partial charge in [-0.15, -0.1) is 0 Å². The summed E-state index contributed by atoms with van der Waals surface area (Å²) in [5.74, 6) is 0.993. The molecule has 1 aliphatic heterocycles. The molecule has 0 unspecified atom stereocenters. The number of amides is 1. The standard InChI is InChI=1S/C17H26N2O2/c1-14(10-12-21-16-8-4-3-5-9-16)17(20)18-15-7-6-11-19(2)13-15/h3-5,8-9,14-15H,6-7,10-13H2,1-2H3,(H,18,20)/t14-,15-/m1/s1. The number of hydrogen-bond acceptors (Lipinski definition) is 3. The first-order valence-electron chi connectivity index (χ1n) is 7.82. The topological polar surface area (TPSA) is 41.6 Å². The average molecular weight is 290 g/mol. The van der Waals surface area contributed by atoms with Gasteiger partial charge in [0.05, 0.1) is 6.61 Å². The lowest BCUT2D eigenvalue weighted by molar-refractivity contribution is -0.125. The van der Waals surface area contributed by atoms with Crippen LogP contribution in [0.1, 0.15) is 26.2 Å². The monoisotopic (exact) mass is 290 g/mol. The van der Waals surface area contributed by atoms with Crippen molar-refractivity contribution in [3.63, 3.8) is 0 Å². The molecule has 1 N–H and O–H groups in total. The fourth-order valence-electron chi connectivity index (χ4n) is 2.63. The van der Waals surface area contributed by atoms with Gasteiger partial charge in [-0.2, -0.15) is 0 Å². The number of carbonyl (C=O) groups excluding carboxylic acids is 1. The van der Waals surface area contributed by atoms with Crippen LogP contribution in [0.2, 0.25) is 0 Å². The Morgan fingerprint density at radius 3 is 2.90 bits per heavy atom. The number of para-hydroxylation sites is 1. The molecule has 0 radical (unpaired) electrons. The van der Waals surface area contributed by atoms with Crippen LogP contribution in [0, 0.1) is 5.92 Å². The van der Waals surface area contributed by atoms with E-state index in [-0.39, 0.29) is 11.8 Å². The Balaban J connectivity index is 1.67. The third kappa shape index (κ3) is 5.38. The number of likely N-dealkylation sites (tertiary alicyclic amines) is 1. The molecule has 0 aliphatic carbocycles. The van der Waals surface area contributed by atoms with Crippen molar-refractivity contribution in [2.45, 2.75) is 32.2 Å². The van der Waals surface area contributed by atoms with Gasteiger partial charge in [0.15, 0.2) is 0 Å². The lowest BCUT2D eigenvalue weighted by atomic mass is 10.0. The van der Waals surface area contributed by atoms with Crippen molar-refractivity contribution in [3.8, 4) is 5.75 Å². The van der Waals surface area contributed by atoms with Crippen LogP contribution in [-0.2, 0) is 4.79 Å². The maximum atomic E-state index is 12.2. The SMILES string of the molecule is C[C@H](CCOc1ccccc1)C(=O)N[C@@H]1CCCN(C)C1. The summed E-state index contributed by atoms with van der Waals surface area (Å²) < 4.78 is 5.65. The molecular weight excluding hydrogens is 264 g/mol. The molecule has 0 saturated carbocycles. The zero-order chi connectivity index (χ0) is 15.1. The van der Waals surface area contributed by atoms with Crippen LogP contribution in [0.5, 0.6) is 5.75 Å². The first-order valence-corrected chi connectivity index (χ1v) is 7.82. The molecule has 1 aromatic carbocycles. The molecule has 0 aromatic heterocycles. The second-order valence-electron chi connectivity index (χ2n) is 5.96. The quantitative estimate of drug-likeness (QED) is 0.874. The van der Waals surface area contributed by atoms with E-state index in [0.29, 0.717) is 12.6 Å². The molecule has 4 heteroatoms. The van der Waals surface area contributed by atoms with E-state index in [1.165, 1.54) is 0 Å². The van der Waals surface area contributed by atoms with Gasteiger partial charge in [0.25, 0.3) is 0 Å². The Bertz CT molecular complexity index is 436. The minimum absolute atomic E-state index is 0.0130. The van der Waals surface area contributed by atoms with Crippen LogP contribution in [0.3, 0.4) is 0 Å². The zero-order valence-corrected chi connectivity index (χ0v) is 13.0. The van der Waals surface area contributed by atoms with Crippen molar-refractivity contribution < 1.29 is 9.53 Å². The van der Waals surface area contributed by atoms with E-state index in [9.17, 15) is 4.79 Å². The van der Waals surface area contributed by atoms with Crippen LogP contribution in [0.15, 0.2) is 30.3 Å². The van der Waals surface area contributed by atoms with E-state index < -0.39 is 0 Å². The van der Waals surface area contributed by atoms with Crippen molar-refractivity contribution in [2.24, 2.45) is 5.92 Å². The number of ether oxygens (including phenoxy) is 1. The van der Waals surface area contributed by atoms with Gasteiger partial charge < -0.3 is 15.0 Å². The number of carbonyl (C=O) groups is 1. The summed E-state index contributed by atoms with van der Waals surface area (Å²) in [7, 11) is 2.11. The Morgan fingerprint density at radius 1 is 1.43 bits per heavy atom. The second kappa shape index (κ2) is 8.03. The largest absolute Gasteiger partial charge is 0.494 e. The van der Waals surface area contributed by atoms with Gasteiger partial charge in [0.2, 0.25) is 5.91 Å². The van der Waals surface area contributed by atoms with Crippen LogP contribution in [0.4, 0.5) is 0 Å². The Kier molecular flexibility index (Phi) is 6.05. The molecule has 116 valence electrons. The zero-order valence-electron chi connectivity index (χ0n) is 13.0. The highest BCUT2D eigenvalue weighted by Gasteiger charge is 2.21. The normalized spacial score (nSPS) is 20.8. The van der Waals surface area contributed by atoms with Crippen LogP contribution >= 0.6 is 0 Å². The number of hydrogen-bond donors (Lipinski definition) is 1. The van der Waals surface area contributed by atoms with Crippen molar-refractivity contribution in [3.05, 3.63) is 30.3 Å². The summed E-state index contributed by atoms with van der Waals surface area (Å²) in [5.41, 5.74) is 0. The minimum atomic E-state index is -0.0130. The van der Waals surface area contributed by atoms with Crippen molar-refractivity contribution >= 4 is 5.91 Å². The molecular formula is C17H26N2O2. The summed E-state index contributed by atoms with van der Waals surface area (Å²) >= 11 is 0. The van der Waals surface area contributed by atoms with E-state index in [4.69, 9.17) is 4.74 Å². The van der Waals surface area contributed by atoms with E-state index in [1.54, 1.807) is 0 Å². The molecule has 2 rings (SSSR count). The van der Waals surface area contributed by atoms with Gasteiger partial charge in [-0.05, 0) is 45.0 Å². The molecule has 1 saturated heterocycles. The molecule has 0 spiro atoms. The van der Waals surface area contributed by atoms with E-state index in [2.05, 4.69) is 17.3 Å². The molecule has 1 amide bonds. The fraction of sp³-hybridized carbons (Fsp3) is 0.588. The highest BCUT2D eigenvalue weighted by molar-refractivity contribution is 5.78. The number of rotatable bonds is 6. The summed E-state index contributed by atoms with van der Waals surface area (Å²) in [6.45, 7) is 4.63. The first kappa shape index (κ1) is 15.8. The van der Waals surface area contributed by atoms with Crippen molar-refractivity contribution in [1.82, 2.24) is 10.2 Å². The van der Waals surface area contributed by atoms with Gasteiger partial charge in [0, 0.05) is 18.5 Å². The molecule has 1 aromatic rings. The van der Waals surface area contributed by atoms with Crippen LogP contribution in [0.25, 0.3) is 0 Å². The number of piperidine rings is 1. The van der Waals surface area contributed by atoms with E-state index in [1.807, 2.05) is 37.3 Å². The van der Waals surface area contributed by atoms with Gasteiger partial charge in [-0.1, -0.05) is 25.1 Å². The molecule has 1 aliphatic rings. The smallest absolute Gasteiger partial charge is 0.223 e. The lowest BCUT2D eigenvalue weighted by Gasteiger charge is -2.31. The van der Waals surface area contributed by atoms with Crippen LogP contribution < -0.4 is 10.1 Å². The van der Waals surface area contributed by atoms with Crippen LogP contribution in [-0.4, -0.2) is 43.6 Å².